The zero-order valence-corrected chi connectivity index (χ0v) is 44.6. The highest BCUT2D eigenvalue weighted by Crippen LogP contribution is 2.41. The van der Waals surface area contributed by atoms with E-state index in [1.54, 1.807) is 18.2 Å². The van der Waals surface area contributed by atoms with E-state index in [0.717, 1.165) is 68.3 Å². The van der Waals surface area contributed by atoms with E-state index < -0.39 is 50.5 Å². The van der Waals surface area contributed by atoms with Crippen molar-refractivity contribution in [2.24, 2.45) is 17.6 Å². The molecule has 5 N–H and O–H groups in total. The lowest BCUT2D eigenvalue weighted by Crippen LogP contribution is -2.41. The van der Waals surface area contributed by atoms with Gasteiger partial charge in [-0.3, -0.25) is 9.59 Å². The van der Waals surface area contributed by atoms with Crippen LogP contribution in [-0.2, 0) is 32.7 Å². The molecule has 17 nitrogen and oxygen atoms in total. The minimum absolute atomic E-state index is 0.0599. The summed E-state index contributed by atoms with van der Waals surface area (Å²) in [5.74, 6) is -0.736. The van der Waals surface area contributed by atoms with Gasteiger partial charge in [0.25, 0.3) is 21.8 Å². The highest BCUT2D eigenvalue weighted by molar-refractivity contribution is 9.10. The van der Waals surface area contributed by atoms with Gasteiger partial charge >= 0.3 is 12.2 Å². The summed E-state index contributed by atoms with van der Waals surface area (Å²) >= 11 is 6.75. The number of primary amides is 1. The molecule has 0 unspecified atom stereocenters. The Hall–Kier alpha value is -6.19. The van der Waals surface area contributed by atoms with Crippen LogP contribution in [0.5, 0.6) is 0 Å². The third kappa shape index (κ3) is 15.7. The van der Waals surface area contributed by atoms with Crippen LogP contribution < -0.4 is 30.9 Å². The number of benzene rings is 2. The fraction of sp³-hybridized carbons (Fsp3) is 0.392. The predicted octanol–water partition coefficient (Wildman–Crippen LogP) is 9.06. The van der Waals surface area contributed by atoms with Gasteiger partial charge in [0.2, 0.25) is 5.95 Å². The monoisotopic (exact) mass is 1140 g/mol. The number of ether oxygens (including phenoxy) is 2. The molecule has 0 aliphatic carbocycles. The number of nitrogens with one attached hydrogen (secondary N) is 3. The quantitative estimate of drug-likeness (QED) is 0.0475. The second kappa shape index (κ2) is 25.0. The van der Waals surface area contributed by atoms with Crippen molar-refractivity contribution >= 4 is 77.5 Å². The summed E-state index contributed by atoms with van der Waals surface area (Å²) in [6, 6.07) is 28.8. The van der Waals surface area contributed by atoms with Crippen molar-refractivity contribution in [2.75, 3.05) is 36.0 Å². The minimum Gasteiger partial charge on any atom is -0.445 e. The highest BCUT2D eigenvalue weighted by atomic mass is 79.9. The topological polar surface area (TPSA) is 228 Å². The number of rotatable bonds is 18. The van der Waals surface area contributed by atoms with Gasteiger partial charge in [0.15, 0.2) is 5.03 Å². The maximum absolute atomic E-state index is 13.5. The van der Waals surface area contributed by atoms with Gasteiger partial charge in [-0.05, 0) is 157 Å². The van der Waals surface area contributed by atoms with E-state index >= 15 is 0 Å². The Balaban J connectivity index is 0.000000245. The first-order valence-electron chi connectivity index (χ1n) is 23.5. The molecule has 21 heteroatoms. The summed E-state index contributed by atoms with van der Waals surface area (Å²) in [7, 11) is -4.42. The Morgan fingerprint density at radius 2 is 1.12 bits per heavy atom. The molecule has 2 aromatic carbocycles. The second-order valence-corrected chi connectivity index (χ2v) is 22.1. The number of pyridine rings is 3. The van der Waals surface area contributed by atoms with E-state index in [1.165, 1.54) is 12.1 Å². The summed E-state index contributed by atoms with van der Waals surface area (Å²) in [5, 5.41) is 5.00. The van der Waals surface area contributed by atoms with Crippen LogP contribution in [0, 0.1) is 17.8 Å². The second-order valence-electron chi connectivity index (χ2n) is 18.9. The van der Waals surface area contributed by atoms with E-state index in [9.17, 15) is 32.0 Å². The number of carbonyl (C=O) groups excluding carboxylic acids is 4. The normalized spacial score (nSPS) is 16.8. The zero-order valence-electron chi connectivity index (χ0n) is 40.6. The number of nitrogens with zero attached hydrogens (tertiary/aromatic N) is 5. The zero-order chi connectivity index (χ0) is 52.1. The third-order valence-electron chi connectivity index (χ3n) is 12.4. The third-order valence-corrected chi connectivity index (χ3v) is 14.5. The van der Waals surface area contributed by atoms with Crippen molar-refractivity contribution in [1.29, 1.82) is 0 Å². The van der Waals surface area contributed by atoms with Gasteiger partial charge in [-0.2, -0.15) is 12.8 Å². The van der Waals surface area contributed by atoms with E-state index in [-0.39, 0.29) is 30.2 Å². The van der Waals surface area contributed by atoms with Crippen LogP contribution in [0.1, 0.15) is 98.1 Å². The summed E-state index contributed by atoms with van der Waals surface area (Å²) in [6.07, 6.45) is 4.24. The Bertz CT molecular complexity index is 2800. The van der Waals surface area contributed by atoms with Gasteiger partial charge in [-0.1, -0.05) is 66.7 Å². The number of nitrogens with two attached hydrogens (primary N) is 1. The number of aromatic nitrogens is 3. The van der Waals surface area contributed by atoms with Crippen LogP contribution in [0.3, 0.4) is 0 Å². The lowest BCUT2D eigenvalue weighted by Gasteiger charge is -2.33. The van der Waals surface area contributed by atoms with Crippen LogP contribution in [0.25, 0.3) is 0 Å². The largest absolute Gasteiger partial charge is 0.445 e. The fourth-order valence-corrected chi connectivity index (χ4v) is 10.5. The fourth-order valence-electron chi connectivity index (χ4n) is 9.02. The van der Waals surface area contributed by atoms with Crippen LogP contribution in [0.2, 0.25) is 0 Å². The highest BCUT2D eigenvalue weighted by Gasteiger charge is 2.42. The molecule has 0 radical (unpaired) electrons. The average molecular weight is 1140 g/mol. The lowest BCUT2D eigenvalue weighted by atomic mass is 9.93. The predicted molar refractivity (Wildman–Crippen MR) is 278 cm³/mol. The van der Waals surface area contributed by atoms with Crippen molar-refractivity contribution in [3.8, 4) is 0 Å². The van der Waals surface area contributed by atoms with E-state index in [2.05, 4.69) is 76.2 Å². The summed E-state index contributed by atoms with van der Waals surface area (Å²) in [6.45, 7) is 11.2. The summed E-state index contributed by atoms with van der Waals surface area (Å²) < 4.78 is 52.6. The first-order chi connectivity index (χ1) is 34.2. The van der Waals surface area contributed by atoms with Crippen molar-refractivity contribution in [2.45, 2.75) is 95.5 Å². The Morgan fingerprint density at radius 3 is 1.58 bits per heavy atom. The molecule has 7 rings (SSSR count). The number of sulfonamides is 1. The molecule has 72 heavy (non-hydrogen) atoms. The number of amides is 4. The molecule has 5 heterocycles. The standard InChI is InChI=1S/C28H31BrFN5O5S.C23H29BrN4O3/c1-28(2)16-20(10-7-15-31-27(37)40-18-19-8-4-3-5-9-19)17-35(28)25-21(13-14-22(29)32-25)26(36)34-41(38,39)24-12-6-11-23(30)33-24;1-23(2)13-17(14-28(23)21-18(20(25)29)10-11-19(24)27-21)9-6-12-26-22(30)31-15-16-7-4-3-5-8-16/h3-6,8-9,11-14,20H,7,10,15-18H2,1-2H3,(H,31,37)(H,34,36);3-5,7-8,10-11,17H,6,9,12-15H2,1-2H3,(H2,25,29)(H,26,30)/t20-;17-/m00/s1. The molecular weight excluding hydrogens is 1080 g/mol. The van der Waals surface area contributed by atoms with E-state index in [1.807, 2.05) is 84.1 Å². The van der Waals surface area contributed by atoms with Crippen LogP contribution in [-0.4, -0.2) is 84.6 Å². The SMILES string of the molecule is CC1(C)C[C@H](CCCNC(=O)OCc2ccccc2)CN1c1nc(Br)ccc1C(=O)NS(=O)(=O)c1cccc(F)n1.CC1(C)C[C@H](CCCNC(=O)OCc2ccccc2)CN1c1nc(Br)ccc1C(N)=O. The van der Waals surface area contributed by atoms with Crippen LogP contribution in [0.4, 0.5) is 25.6 Å². The Morgan fingerprint density at radius 1 is 0.667 bits per heavy atom. The van der Waals surface area contributed by atoms with Crippen molar-refractivity contribution in [1.82, 2.24) is 30.3 Å². The average Bonchev–Trinajstić information content (AvgIpc) is 3.83. The van der Waals surface area contributed by atoms with Gasteiger partial charge in [0.1, 0.15) is 34.1 Å². The first kappa shape index (κ1) is 55.1. The molecule has 5 aromatic rings. The molecule has 0 bridgehead atoms. The van der Waals surface area contributed by atoms with Crippen LogP contribution >= 0.6 is 31.9 Å². The molecule has 3 aromatic heterocycles. The van der Waals surface area contributed by atoms with Gasteiger partial charge < -0.3 is 35.6 Å². The number of halogens is 3. The molecule has 2 fully saturated rings. The summed E-state index contributed by atoms with van der Waals surface area (Å²) in [5.41, 5.74) is 7.39. The molecule has 4 amide bonds. The minimum atomic E-state index is -4.42. The van der Waals surface area contributed by atoms with E-state index in [0.29, 0.717) is 52.0 Å². The maximum atomic E-state index is 13.5. The first-order valence-corrected chi connectivity index (χ1v) is 26.5. The van der Waals surface area contributed by atoms with Gasteiger partial charge in [-0.15, -0.1) is 0 Å². The van der Waals surface area contributed by atoms with Crippen molar-refractivity contribution < 1.29 is 41.5 Å². The Labute approximate surface area is 436 Å². The van der Waals surface area contributed by atoms with Crippen LogP contribution in [0.15, 0.2) is 117 Å². The number of alkyl carbamates (subject to hydrolysis) is 2. The van der Waals surface area contributed by atoms with Crippen molar-refractivity contribution in [3.63, 3.8) is 0 Å². The number of hydrogen-bond acceptors (Lipinski definition) is 13. The number of anilines is 2. The smallest absolute Gasteiger partial charge is 0.407 e. The van der Waals surface area contributed by atoms with Gasteiger partial charge in [0, 0.05) is 37.3 Å². The molecular formula is C51H60Br2FN9O8S. The summed E-state index contributed by atoms with van der Waals surface area (Å²) in [4.78, 5) is 65.6. The molecule has 2 atom stereocenters. The maximum Gasteiger partial charge on any atom is 0.407 e. The molecule has 2 saturated heterocycles. The molecule has 0 saturated carbocycles. The molecule has 2 aliphatic heterocycles. The molecule has 0 spiro atoms. The molecule has 2 aliphatic rings. The van der Waals surface area contributed by atoms with E-state index in [4.69, 9.17) is 15.2 Å². The number of hydrogen-bond donors (Lipinski definition) is 4. The van der Waals surface area contributed by atoms with Gasteiger partial charge in [-0.25, -0.2) is 29.3 Å². The van der Waals surface area contributed by atoms with Gasteiger partial charge in [0.05, 0.1) is 11.1 Å². The molecule has 384 valence electrons. The Kier molecular flexibility index (Phi) is 19.1. The lowest BCUT2D eigenvalue weighted by molar-refractivity contribution is 0.0977. The van der Waals surface area contributed by atoms with Crippen molar-refractivity contribution in [3.05, 3.63) is 141 Å². The number of carbonyl (C=O) groups is 4.